The van der Waals surface area contributed by atoms with Crippen LogP contribution in [0.2, 0.25) is 0 Å². The van der Waals surface area contributed by atoms with Crippen molar-refractivity contribution in [3.8, 4) is 0 Å². The maximum absolute atomic E-state index is 3.56. The summed E-state index contributed by atoms with van der Waals surface area (Å²) in [7, 11) is 4.52. The summed E-state index contributed by atoms with van der Waals surface area (Å²) < 4.78 is 0. The molecule has 0 aromatic heterocycles. The van der Waals surface area contributed by atoms with Gasteiger partial charge in [0.2, 0.25) is 0 Å². The van der Waals surface area contributed by atoms with Gasteiger partial charge in [0.1, 0.15) is 0 Å². The van der Waals surface area contributed by atoms with E-state index in [2.05, 4.69) is 43.1 Å². The van der Waals surface area contributed by atoms with Crippen LogP contribution in [0.4, 0.5) is 0 Å². The summed E-state index contributed by atoms with van der Waals surface area (Å²) in [5.74, 6) is 0.921. The predicted molar refractivity (Wildman–Crippen MR) is 80.1 cm³/mol. The topological polar surface area (TPSA) is 18.5 Å². The van der Waals surface area contributed by atoms with Gasteiger partial charge < -0.3 is 15.1 Å². The molecule has 0 saturated carbocycles. The molecule has 0 aliphatic carbocycles. The molecule has 0 radical (unpaired) electrons. The number of nitrogens with one attached hydrogen (secondary N) is 1. The fourth-order valence-corrected chi connectivity index (χ4v) is 2.68. The Hall–Kier alpha value is -0.120. The summed E-state index contributed by atoms with van der Waals surface area (Å²) in [5.41, 5.74) is 0. The molecule has 18 heavy (non-hydrogen) atoms. The lowest BCUT2D eigenvalue weighted by Crippen LogP contribution is -2.37. The minimum absolute atomic E-state index is 0.657. The van der Waals surface area contributed by atoms with E-state index in [0.717, 1.165) is 12.5 Å². The highest BCUT2D eigenvalue weighted by Gasteiger charge is 2.18. The van der Waals surface area contributed by atoms with Crippen LogP contribution in [0.25, 0.3) is 0 Å². The average molecular weight is 255 g/mol. The zero-order chi connectivity index (χ0) is 13.4. The monoisotopic (exact) mass is 255 g/mol. The molecule has 1 heterocycles. The van der Waals surface area contributed by atoms with Gasteiger partial charge in [0.15, 0.2) is 0 Å². The first-order valence-electron chi connectivity index (χ1n) is 7.72. The van der Waals surface area contributed by atoms with Gasteiger partial charge in [0, 0.05) is 12.6 Å². The van der Waals surface area contributed by atoms with Gasteiger partial charge in [-0.25, -0.2) is 0 Å². The van der Waals surface area contributed by atoms with E-state index in [9.17, 15) is 0 Å². The zero-order valence-electron chi connectivity index (χ0n) is 12.9. The van der Waals surface area contributed by atoms with Gasteiger partial charge in [-0.3, -0.25) is 0 Å². The molecule has 0 amide bonds. The third-order valence-electron chi connectivity index (χ3n) is 4.09. The van der Waals surface area contributed by atoms with E-state index in [1.807, 2.05) is 0 Å². The van der Waals surface area contributed by atoms with E-state index in [1.54, 1.807) is 0 Å². The van der Waals surface area contributed by atoms with Crippen molar-refractivity contribution in [1.82, 2.24) is 15.1 Å². The van der Waals surface area contributed by atoms with Gasteiger partial charge in [0.25, 0.3) is 0 Å². The molecule has 1 N–H and O–H groups in total. The lowest BCUT2D eigenvalue weighted by Gasteiger charge is -2.32. The number of nitrogens with zero attached hydrogens (tertiary/aromatic N) is 2. The number of hydrogen-bond acceptors (Lipinski definition) is 3. The van der Waals surface area contributed by atoms with E-state index in [4.69, 9.17) is 0 Å². The molecule has 3 nitrogen and oxygen atoms in total. The molecule has 1 saturated heterocycles. The lowest BCUT2D eigenvalue weighted by atomic mass is 9.96. The molecule has 1 atom stereocenters. The minimum atomic E-state index is 0.657. The van der Waals surface area contributed by atoms with E-state index in [1.165, 1.54) is 51.9 Å². The molecule has 0 aromatic carbocycles. The van der Waals surface area contributed by atoms with Crippen LogP contribution in [-0.2, 0) is 0 Å². The van der Waals surface area contributed by atoms with Crippen LogP contribution in [0.5, 0.6) is 0 Å². The van der Waals surface area contributed by atoms with Crippen LogP contribution in [0, 0.1) is 5.92 Å². The predicted octanol–water partition coefficient (Wildman–Crippen LogP) is 2.04. The summed E-state index contributed by atoms with van der Waals surface area (Å²) >= 11 is 0. The lowest BCUT2D eigenvalue weighted by molar-refractivity contribution is 0.173. The molecule has 1 aliphatic rings. The van der Waals surface area contributed by atoms with Gasteiger partial charge in [-0.2, -0.15) is 0 Å². The van der Waals surface area contributed by atoms with Crippen molar-refractivity contribution in [2.45, 2.75) is 45.6 Å². The summed E-state index contributed by atoms with van der Waals surface area (Å²) in [6, 6.07) is 0.657. The van der Waals surface area contributed by atoms with E-state index < -0.39 is 0 Å². The third kappa shape index (κ3) is 6.72. The fourth-order valence-electron chi connectivity index (χ4n) is 2.68. The fraction of sp³-hybridized carbons (Fsp3) is 1.00. The first kappa shape index (κ1) is 15.9. The molecular formula is C15H33N3. The molecule has 1 fully saturated rings. The van der Waals surface area contributed by atoms with E-state index >= 15 is 0 Å². The number of hydrogen-bond donors (Lipinski definition) is 1. The minimum Gasteiger partial charge on any atom is -0.314 e. The molecule has 3 heteroatoms. The van der Waals surface area contributed by atoms with Crippen molar-refractivity contribution in [3.63, 3.8) is 0 Å². The summed E-state index contributed by atoms with van der Waals surface area (Å²) in [6.45, 7) is 10.8. The summed E-state index contributed by atoms with van der Waals surface area (Å²) in [4.78, 5) is 4.98. The van der Waals surface area contributed by atoms with Crippen molar-refractivity contribution in [2.24, 2.45) is 5.92 Å². The van der Waals surface area contributed by atoms with Gasteiger partial charge in [-0.05, 0) is 78.8 Å². The zero-order valence-corrected chi connectivity index (χ0v) is 12.9. The highest BCUT2D eigenvalue weighted by molar-refractivity contribution is 4.73. The molecule has 0 bridgehead atoms. The number of likely N-dealkylation sites (tertiary alicyclic amines) is 1. The van der Waals surface area contributed by atoms with Gasteiger partial charge >= 0.3 is 0 Å². The molecular weight excluding hydrogens is 222 g/mol. The van der Waals surface area contributed by atoms with Crippen molar-refractivity contribution in [3.05, 3.63) is 0 Å². The molecule has 108 valence electrons. The van der Waals surface area contributed by atoms with Crippen LogP contribution >= 0.6 is 0 Å². The Morgan fingerprint density at radius 2 is 2.00 bits per heavy atom. The van der Waals surface area contributed by atoms with Gasteiger partial charge in [-0.1, -0.05) is 6.92 Å². The van der Waals surface area contributed by atoms with Crippen LogP contribution in [-0.4, -0.2) is 62.7 Å². The molecule has 0 aromatic rings. The van der Waals surface area contributed by atoms with Crippen molar-refractivity contribution in [1.29, 1.82) is 0 Å². The van der Waals surface area contributed by atoms with Crippen molar-refractivity contribution in [2.75, 3.05) is 46.8 Å². The Morgan fingerprint density at radius 3 is 2.61 bits per heavy atom. The Kier molecular flexibility index (Phi) is 7.87. The Balaban J connectivity index is 2.07. The highest BCUT2D eigenvalue weighted by atomic mass is 15.1. The molecule has 1 aliphatic heterocycles. The van der Waals surface area contributed by atoms with Crippen LogP contribution in [0.3, 0.4) is 0 Å². The Morgan fingerprint density at radius 1 is 1.33 bits per heavy atom. The molecule has 1 rings (SSSR count). The first-order chi connectivity index (χ1) is 8.61. The average Bonchev–Trinajstić information content (AvgIpc) is 2.36. The largest absolute Gasteiger partial charge is 0.314 e. The SMILES string of the molecule is CCCNC(C)CCN(C)CC1CCN(C)CC1. The highest BCUT2D eigenvalue weighted by Crippen LogP contribution is 2.16. The normalized spacial score (nSPS) is 20.5. The standard InChI is InChI=1S/C15H33N3/c1-5-9-16-14(2)6-10-18(4)13-15-7-11-17(3)12-8-15/h14-16H,5-13H2,1-4H3. The van der Waals surface area contributed by atoms with E-state index in [-0.39, 0.29) is 0 Å². The Labute approximate surface area is 114 Å². The first-order valence-corrected chi connectivity index (χ1v) is 7.72. The van der Waals surface area contributed by atoms with Crippen molar-refractivity contribution >= 4 is 0 Å². The second-order valence-electron chi connectivity index (χ2n) is 6.15. The maximum Gasteiger partial charge on any atom is 0.00508 e. The number of piperidine rings is 1. The van der Waals surface area contributed by atoms with Gasteiger partial charge in [-0.15, -0.1) is 0 Å². The van der Waals surface area contributed by atoms with Gasteiger partial charge in [0.05, 0.1) is 0 Å². The van der Waals surface area contributed by atoms with E-state index in [0.29, 0.717) is 6.04 Å². The second-order valence-corrected chi connectivity index (χ2v) is 6.15. The quantitative estimate of drug-likeness (QED) is 0.716. The van der Waals surface area contributed by atoms with Crippen LogP contribution in [0.15, 0.2) is 0 Å². The van der Waals surface area contributed by atoms with Crippen LogP contribution in [0.1, 0.15) is 39.5 Å². The Bertz CT molecular complexity index is 200. The number of rotatable bonds is 8. The second kappa shape index (κ2) is 8.89. The summed E-state index contributed by atoms with van der Waals surface area (Å²) in [6.07, 6.45) is 5.26. The molecule has 1 unspecified atom stereocenters. The van der Waals surface area contributed by atoms with Crippen molar-refractivity contribution < 1.29 is 0 Å². The summed E-state index contributed by atoms with van der Waals surface area (Å²) in [5, 5.41) is 3.56. The smallest absolute Gasteiger partial charge is 0.00508 e. The maximum atomic E-state index is 3.56. The molecule has 0 spiro atoms. The third-order valence-corrected chi connectivity index (χ3v) is 4.09. The van der Waals surface area contributed by atoms with Crippen LogP contribution < -0.4 is 5.32 Å².